The molecular weight excluding hydrogens is 351 g/mol. The first-order valence-electron chi connectivity index (χ1n) is 8.93. The molecule has 0 saturated carbocycles. The Morgan fingerprint density at radius 2 is 1.81 bits per heavy atom. The summed E-state index contributed by atoms with van der Waals surface area (Å²) >= 11 is 0. The van der Waals surface area contributed by atoms with Crippen molar-refractivity contribution in [3.63, 3.8) is 0 Å². The molecule has 1 fully saturated rings. The van der Waals surface area contributed by atoms with Gasteiger partial charge in [0.1, 0.15) is 5.82 Å². The van der Waals surface area contributed by atoms with Gasteiger partial charge in [-0.2, -0.15) is 0 Å². The van der Waals surface area contributed by atoms with E-state index in [1.165, 1.54) is 23.3 Å². The van der Waals surface area contributed by atoms with Gasteiger partial charge in [0.05, 0.1) is 5.75 Å². The number of rotatable bonds is 5. The van der Waals surface area contributed by atoms with Gasteiger partial charge in [-0.3, -0.25) is 4.90 Å². The third-order valence-corrected chi connectivity index (χ3v) is 6.68. The van der Waals surface area contributed by atoms with Gasteiger partial charge in [-0.25, -0.2) is 17.1 Å². The van der Waals surface area contributed by atoms with Gasteiger partial charge in [-0.15, -0.1) is 0 Å². The fourth-order valence-corrected chi connectivity index (χ4v) is 4.89. The smallest absolute Gasteiger partial charge is 0.218 e. The largest absolute Gasteiger partial charge is 0.298 e. The first-order chi connectivity index (χ1) is 12.4. The van der Waals surface area contributed by atoms with Crippen LogP contribution in [-0.2, 0) is 22.3 Å². The van der Waals surface area contributed by atoms with Crippen LogP contribution >= 0.6 is 0 Å². The number of hydrogen-bond donors (Lipinski definition) is 0. The Hall–Kier alpha value is -1.76. The first-order valence-corrected chi connectivity index (χ1v) is 10.5. The molecule has 0 N–H and O–H groups in total. The highest BCUT2D eigenvalue weighted by Gasteiger charge is 2.25. The molecule has 3 rings (SSSR count). The predicted molar refractivity (Wildman–Crippen MR) is 102 cm³/mol. The topological polar surface area (TPSA) is 40.6 Å². The highest BCUT2D eigenvalue weighted by atomic mass is 32.2. The van der Waals surface area contributed by atoms with Crippen molar-refractivity contribution in [3.05, 3.63) is 71.0 Å². The normalized spacial score (nSPS) is 17.2. The fraction of sp³-hybridized carbons (Fsp3) is 0.400. The minimum atomic E-state index is -3.44. The van der Waals surface area contributed by atoms with Crippen LogP contribution in [0.5, 0.6) is 0 Å². The lowest BCUT2D eigenvalue weighted by Crippen LogP contribution is -2.35. The van der Waals surface area contributed by atoms with Crippen LogP contribution in [0.15, 0.2) is 48.5 Å². The first kappa shape index (κ1) is 19.0. The van der Waals surface area contributed by atoms with Gasteiger partial charge >= 0.3 is 0 Å². The molecule has 0 amide bonds. The van der Waals surface area contributed by atoms with Gasteiger partial charge in [0.2, 0.25) is 10.0 Å². The molecule has 26 heavy (non-hydrogen) atoms. The molecule has 1 aliphatic heterocycles. The molecule has 2 aromatic rings. The lowest BCUT2D eigenvalue weighted by atomic mass is 10.1. The summed E-state index contributed by atoms with van der Waals surface area (Å²) in [5.41, 5.74) is 3.03. The molecule has 6 heteroatoms. The summed E-state index contributed by atoms with van der Waals surface area (Å²) in [6.45, 7) is 5.51. The number of halogens is 1. The van der Waals surface area contributed by atoms with Gasteiger partial charge in [0, 0.05) is 26.2 Å². The van der Waals surface area contributed by atoms with Crippen LogP contribution in [0.3, 0.4) is 0 Å². The van der Waals surface area contributed by atoms with Crippen LogP contribution in [0.2, 0.25) is 0 Å². The Balaban J connectivity index is 1.63. The van der Waals surface area contributed by atoms with Gasteiger partial charge in [0.15, 0.2) is 0 Å². The summed E-state index contributed by atoms with van der Waals surface area (Å²) in [5, 5.41) is 0. The van der Waals surface area contributed by atoms with Crippen molar-refractivity contribution in [2.75, 3.05) is 26.2 Å². The van der Waals surface area contributed by atoms with E-state index in [4.69, 9.17) is 0 Å². The Bertz CT molecular complexity index is 854. The van der Waals surface area contributed by atoms with E-state index in [0.717, 1.165) is 19.5 Å². The highest BCUT2D eigenvalue weighted by Crippen LogP contribution is 2.17. The van der Waals surface area contributed by atoms with E-state index < -0.39 is 15.8 Å². The number of aryl methyl sites for hydroxylation is 1. The average molecular weight is 376 g/mol. The summed E-state index contributed by atoms with van der Waals surface area (Å²) < 4.78 is 40.3. The third-order valence-electron chi connectivity index (χ3n) is 4.83. The van der Waals surface area contributed by atoms with Gasteiger partial charge in [-0.1, -0.05) is 36.4 Å². The predicted octanol–water partition coefficient (Wildman–Crippen LogP) is 3.17. The lowest BCUT2D eigenvalue weighted by Gasteiger charge is -2.22. The van der Waals surface area contributed by atoms with Crippen molar-refractivity contribution in [1.82, 2.24) is 9.21 Å². The van der Waals surface area contributed by atoms with Gasteiger partial charge in [-0.05, 0) is 48.7 Å². The Kier molecular flexibility index (Phi) is 6.06. The molecule has 0 unspecified atom stereocenters. The summed E-state index contributed by atoms with van der Waals surface area (Å²) in [6.07, 6.45) is 0.800. The Morgan fingerprint density at radius 1 is 1.00 bits per heavy atom. The van der Waals surface area contributed by atoms with Crippen molar-refractivity contribution < 1.29 is 12.8 Å². The van der Waals surface area contributed by atoms with E-state index >= 15 is 0 Å². The second-order valence-electron chi connectivity index (χ2n) is 6.84. The molecule has 0 radical (unpaired) electrons. The summed E-state index contributed by atoms with van der Waals surface area (Å²) in [5.74, 6) is -0.555. The highest BCUT2D eigenvalue weighted by molar-refractivity contribution is 7.88. The number of nitrogens with zero attached hydrogens (tertiary/aromatic N) is 2. The molecule has 0 spiro atoms. The van der Waals surface area contributed by atoms with Gasteiger partial charge in [0.25, 0.3) is 0 Å². The van der Waals surface area contributed by atoms with Crippen LogP contribution in [-0.4, -0.2) is 43.8 Å². The van der Waals surface area contributed by atoms with Crippen LogP contribution in [0, 0.1) is 12.7 Å². The standard InChI is InChI=1S/C20H25FN2O2S/c1-17-6-2-3-8-19(17)15-22-10-5-11-23(13-12-22)26(24,25)16-18-7-4-9-20(21)14-18/h2-4,6-9,14H,5,10-13,15-16H2,1H3. The molecular formula is C20H25FN2O2S. The van der Waals surface area contributed by atoms with E-state index in [1.54, 1.807) is 16.4 Å². The molecule has 0 aliphatic carbocycles. The second kappa shape index (κ2) is 8.29. The van der Waals surface area contributed by atoms with E-state index in [9.17, 15) is 12.8 Å². The maximum atomic E-state index is 13.3. The molecule has 0 aromatic heterocycles. The van der Waals surface area contributed by atoms with Crippen molar-refractivity contribution >= 4 is 10.0 Å². The van der Waals surface area contributed by atoms with Gasteiger partial charge < -0.3 is 0 Å². The molecule has 0 atom stereocenters. The number of benzene rings is 2. The molecule has 1 heterocycles. The van der Waals surface area contributed by atoms with Crippen molar-refractivity contribution in [3.8, 4) is 0 Å². The summed E-state index contributed by atoms with van der Waals surface area (Å²) in [6, 6.07) is 14.1. The fourth-order valence-electron chi connectivity index (χ4n) is 3.34. The van der Waals surface area contributed by atoms with E-state index in [1.807, 2.05) is 12.1 Å². The minimum absolute atomic E-state index is 0.150. The van der Waals surface area contributed by atoms with Crippen LogP contribution < -0.4 is 0 Å². The Morgan fingerprint density at radius 3 is 2.58 bits per heavy atom. The number of hydrogen-bond acceptors (Lipinski definition) is 3. The van der Waals surface area contributed by atoms with E-state index in [2.05, 4.69) is 24.0 Å². The SMILES string of the molecule is Cc1ccccc1CN1CCCN(S(=O)(=O)Cc2cccc(F)c2)CC1. The molecule has 4 nitrogen and oxygen atoms in total. The maximum Gasteiger partial charge on any atom is 0.218 e. The van der Waals surface area contributed by atoms with Crippen molar-refractivity contribution in [2.45, 2.75) is 25.6 Å². The maximum absolute atomic E-state index is 13.3. The monoisotopic (exact) mass is 376 g/mol. The Labute approximate surface area is 155 Å². The zero-order valence-corrected chi connectivity index (χ0v) is 15.9. The van der Waals surface area contributed by atoms with Crippen LogP contribution in [0.1, 0.15) is 23.1 Å². The molecule has 2 aromatic carbocycles. The molecule has 0 bridgehead atoms. The molecule has 1 aliphatic rings. The molecule has 1 saturated heterocycles. The lowest BCUT2D eigenvalue weighted by molar-refractivity contribution is 0.278. The molecule has 140 valence electrons. The van der Waals surface area contributed by atoms with Crippen LogP contribution in [0.25, 0.3) is 0 Å². The zero-order valence-electron chi connectivity index (χ0n) is 15.1. The minimum Gasteiger partial charge on any atom is -0.298 e. The summed E-state index contributed by atoms with van der Waals surface area (Å²) in [7, 11) is -3.44. The van der Waals surface area contributed by atoms with Crippen molar-refractivity contribution in [1.29, 1.82) is 0 Å². The zero-order chi connectivity index (χ0) is 18.6. The second-order valence-corrected chi connectivity index (χ2v) is 8.81. The summed E-state index contributed by atoms with van der Waals surface area (Å²) in [4.78, 5) is 2.31. The number of sulfonamides is 1. The van der Waals surface area contributed by atoms with E-state index in [0.29, 0.717) is 25.2 Å². The van der Waals surface area contributed by atoms with Crippen LogP contribution in [0.4, 0.5) is 4.39 Å². The quantitative estimate of drug-likeness (QED) is 0.805. The average Bonchev–Trinajstić information content (AvgIpc) is 2.83. The third kappa shape index (κ3) is 4.90. The van der Waals surface area contributed by atoms with Crippen molar-refractivity contribution in [2.24, 2.45) is 0 Å². The van der Waals surface area contributed by atoms with E-state index in [-0.39, 0.29) is 5.75 Å².